The lowest BCUT2D eigenvalue weighted by molar-refractivity contribution is -0.116. The van der Waals surface area contributed by atoms with Crippen LogP contribution < -0.4 is 5.32 Å². The van der Waals surface area contributed by atoms with Crippen LogP contribution in [0.5, 0.6) is 0 Å². The molecule has 1 amide bonds. The first kappa shape index (κ1) is 14.3. The van der Waals surface area contributed by atoms with Gasteiger partial charge in [0.05, 0.1) is 3.79 Å². The first-order valence-corrected chi connectivity index (χ1v) is 7.86. The summed E-state index contributed by atoms with van der Waals surface area (Å²) in [5.74, 6) is 0.0879. The summed E-state index contributed by atoms with van der Waals surface area (Å²) < 4.78 is 1.15. The Hall–Kier alpha value is -1.13. The van der Waals surface area contributed by atoms with Crippen LogP contribution >= 0.6 is 27.3 Å². The predicted octanol–water partition coefficient (Wildman–Crippen LogP) is 4.78. The Bertz CT molecular complexity index is 565. The number of halogens is 1. The largest absolute Gasteiger partial charge is 0.326 e. The molecule has 100 valence electrons. The van der Waals surface area contributed by atoms with Gasteiger partial charge in [-0.1, -0.05) is 18.2 Å². The van der Waals surface area contributed by atoms with Crippen LogP contribution in [-0.2, 0) is 11.2 Å². The lowest BCUT2D eigenvalue weighted by Crippen LogP contribution is -2.12. The van der Waals surface area contributed by atoms with E-state index in [4.69, 9.17) is 0 Å². The second-order valence-electron chi connectivity index (χ2n) is 4.42. The van der Waals surface area contributed by atoms with Crippen molar-refractivity contribution in [3.05, 3.63) is 50.6 Å². The Kier molecular flexibility index (Phi) is 5.16. The van der Waals surface area contributed by atoms with Crippen molar-refractivity contribution in [1.82, 2.24) is 0 Å². The minimum absolute atomic E-state index is 0.0879. The van der Waals surface area contributed by atoms with Gasteiger partial charge in [-0.2, -0.15) is 0 Å². The maximum atomic E-state index is 11.8. The van der Waals surface area contributed by atoms with Gasteiger partial charge in [-0.05, 0) is 59.5 Å². The van der Waals surface area contributed by atoms with Crippen LogP contribution in [0.2, 0.25) is 0 Å². The summed E-state index contributed by atoms with van der Waals surface area (Å²) in [5, 5.41) is 2.96. The standard InChI is InChI=1S/C15H16BrNOS/c1-11-5-2-3-7-13(11)17-15(18)8-4-6-12-9-10-14(16)19-12/h2-3,5,7,9-10H,4,6,8H2,1H3,(H,17,18). The SMILES string of the molecule is Cc1ccccc1NC(=O)CCCc1ccc(Br)s1. The second-order valence-corrected chi connectivity index (χ2v) is 6.97. The van der Waals surface area contributed by atoms with E-state index in [0.717, 1.165) is 27.9 Å². The third kappa shape index (κ3) is 4.48. The number of para-hydroxylation sites is 1. The molecule has 4 heteroatoms. The van der Waals surface area contributed by atoms with Gasteiger partial charge in [0, 0.05) is 17.0 Å². The fourth-order valence-corrected chi connectivity index (χ4v) is 3.36. The van der Waals surface area contributed by atoms with Crippen LogP contribution in [0.1, 0.15) is 23.3 Å². The average Bonchev–Trinajstić information content (AvgIpc) is 2.78. The highest BCUT2D eigenvalue weighted by atomic mass is 79.9. The smallest absolute Gasteiger partial charge is 0.224 e. The van der Waals surface area contributed by atoms with Gasteiger partial charge < -0.3 is 5.32 Å². The van der Waals surface area contributed by atoms with Crippen molar-refractivity contribution in [3.63, 3.8) is 0 Å². The highest BCUT2D eigenvalue weighted by Gasteiger charge is 2.05. The van der Waals surface area contributed by atoms with Gasteiger partial charge >= 0.3 is 0 Å². The normalized spacial score (nSPS) is 10.4. The summed E-state index contributed by atoms with van der Waals surface area (Å²) in [6.45, 7) is 2.00. The number of benzene rings is 1. The molecule has 19 heavy (non-hydrogen) atoms. The molecule has 1 heterocycles. The maximum absolute atomic E-state index is 11.8. The van der Waals surface area contributed by atoms with Crippen molar-refractivity contribution in [1.29, 1.82) is 0 Å². The number of nitrogens with one attached hydrogen (secondary N) is 1. The van der Waals surface area contributed by atoms with Gasteiger partial charge in [-0.15, -0.1) is 11.3 Å². The lowest BCUT2D eigenvalue weighted by atomic mass is 10.1. The van der Waals surface area contributed by atoms with E-state index in [1.54, 1.807) is 11.3 Å². The molecule has 0 atom stereocenters. The zero-order valence-corrected chi connectivity index (χ0v) is 13.2. The number of anilines is 1. The van der Waals surface area contributed by atoms with Crippen LogP contribution in [0.25, 0.3) is 0 Å². The number of carbonyl (C=O) groups is 1. The molecule has 0 saturated heterocycles. The van der Waals surface area contributed by atoms with Crippen LogP contribution in [0.3, 0.4) is 0 Å². The third-order valence-corrected chi connectivity index (χ3v) is 4.56. The quantitative estimate of drug-likeness (QED) is 0.835. The van der Waals surface area contributed by atoms with Gasteiger partial charge in [-0.3, -0.25) is 4.79 Å². The van der Waals surface area contributed by atoms with Crippen LogP contribution in [-0.4, -0.2) is 5.91 Å². The van der Waals surface area contributed by atoms with E-state index in [1.165, 1.54) is 4.88 Å². The van der Waals surface area contributed by atoms with Crippen molar-refractivity contribution in [3.8, 4) is 0 Å². The molecule has 1 aromatic heterocycles. The molecule has 0 spiro atoms. The summed E-state index contributed by atoms with van der Waals surface area (Å²) >= 11 is 5.18. The Morgan fingerprint density at radius 1 is 1.26 bits per heavy atom. The molecule has 0 unspecified atom stereocenters. The molecular formula is C15H16BrNOS. The van der Waals surface area contributed by atoms with Crippen molar-refractivity contribution in [2.24, 2.45) is 0 Å². The number of aryl methyl sites for hydroxylation is 2. The molecule has 1 N–H and O–H groups in total. The molecule has 2 aromatic rings. The third-order valence-electron chi connectivity index (χ3n) is 2.88. The molecule has 0 aliphatic heterocycles. The van der Waals surface area contributed by atoms with E-state index < -0.39 is 0 Å². The molecule has 0 radical (unpaired) electrons. The molecule has 2 rings (SSSR count). The number of carbonyl (C=O) groups excluding carboxylic acids is 1. The monoisotopic (exact) mass is 337 g/mol. The molecule has 0 aliphatic rings. The molecule has 0 aliphatic carbocycles. The lowest BCUT2D eigenvalue weighted by Gasteiger charge is -2.07. The Labute approximate surface area is 126 Å². The van der Waals surface area contributed by atoms with Gasteiger partial charge in [-0.25, -0.2) is 0 Å². The topological polar surface area (TPSA) is 29.1 Å². The summed E-state index contributed by atoms with van der Waals surface area (Å²) in [7, 11) is 0. The maximum Gasteiger partial charge on any atom is 0.224 e. The summed E-state index contributed by atoms with van der Waals surface area (Å²) in [6.07, 6.45) is 2.39. The van der Waals surface area contributed by atoms with Crippen LogP contribution in [0, 0.1) is 6.92 Å². The second kappa shape index (κ2) is 6.87. The molecule has 0 bridgehead atoms. The number of thiophene rings is 1. The number of hydrogen-bond acceptors (Lipinski definition) is 2. The molecule has 1 aromatic carbocycles. The molecular weight excluding hydrogens is 322 g/mol. The predicted molar refractivity (Wildman–Crippen MR) is 84.8 cm³/mol. The van der Waals surface area contributed by atoms with Gasteiger partial charge in [0.15, 0.2) is 0 Å². The summed E-state index contributed by atoms with van der Waals surface area (Å²) in [5.41, 5.74) is 2.00. The molecule has 0 fully saturated rings. The van der Waals surface area contributed by atoms with Crippen molar-refractivity contribution >= 4 is 38.9 Å². The highest BCUT2D eigenvalue weighted by molar-refractivity contribution is 9.11. The Morgan fingerprint density at radius 2 is 2.05 bits per heavy atom. The van der Waals surface area contributed by atoms with Gasteiger partial charge in [0.1, 0.15) is 0 Å². The zero-order valence-electron chi connectivity index (χ0n) is 10.8. The van der Waals surface area contributed by atoms with Crippen LogP contribution in [0.15, 0.2) is 40.2 Å². The number of hydrogen-bond donors (Lipinski definition) is 1. The number of amides is 1. The van der Waals surface area contributed by atoms with E-state index in [-0.39, 0.29) is 5.91 Å². The van der Waals surface area contributed by atoms with Gasteiger partial charge in [0.25, 0.3) is 0 Å². The van der Waals surface area contributed by atoms with E-state index >= 15 is 0 Å². The zero-order chi connectivity index (χ0) is 13.7. The minimum atomic E-state index is 0.0879. The Morgan fingerprint density at radius 3 is 2.74 bits per heavy atom. The van der Waals surface area contributed by atoms with Crippen molar-refractivity contribution in [2.75, 3.05) is 5.32 Å². The van der Waals surface area contributed by atoms with Gasteiger partial charge in [0.2, 0.25) is 5.91 Å². The Balaban J connectivity index is 1.77. The van der Waals surface area contributed by atoms with E-state index in [9.17, 15) is 4.79 Å². The fraction of sp³-hybridized carbons (Fsp3) is 0.267. The minimum Gasteiger partial charge on any atom is -0.326 e. The molecule has 0 saturated carbocycles. The summed E-state index contributed by atoms with van der Waals surface area (Å²) in [4.78, 5) is 13.2. The number of rotatable bonds is 5. The fourth-order valence-electron chi connectivity index (χ4n) is 1.84. The average molecular weight is 338 g/mol. The van der Waals surface area contributed by atoms with Crippen molar-refractivity contribution in [2.45, 2.75) is 26.2 Å². The molecule has 2 nitrogen and oxygen atoms in total. The van der Waals surface area contributed by atoms with E-state index in [2.05, 4.69) is 27.3 Å². The summed E-state index contributed by atoms with van der Waals surface area (Å²) in [6, 6.07) is 12.0. The van der Waals surface area contributed by atoms with E-state index in [0.29, 0.717) is 6.42 Å². The first-order valence-electron chi connectivity index (χ1n) is 6.25. The van der Waals surface area contributed by atoms with Crippen LogP contribution in [0.4, 0.5) is 5.69 Å². The van der Waals surface area contributed by atoms with Crippen molar-refractivity contribution < 1.29 is 4.79 Å². The highest BCUT2D eigenvalue weighted by Crippen LogP contribution is 2.23. The first-order chi connectivity index (χ1) is 9.15. The van der Waals surface area contributed by atoms with E-state index in [1.807, 2.05) is 37.3 Å².